The fourth-order valence-electron chi connectivity index (χ4n) is 3.63. The van der Waals surface area contributed by atoms with E-state index < -0.39 is 0 Å². The molecule has 0 aromatic carbocycles. The summed E-state index contributed by atoms with van der Waals surface area (Å²) in [6, 6.07) is 0. The van der Waals surface area contributed by atoms with Crippen molar-refractivity contribution in [3.63, 3.8) is 0 Å². The molecule has 2 amide bonds. The Bertz CT molecular complexity index is 664. The van der Waals surface area contributed by atoms with Crippen LogP contribution in [0.3, 0.4) is 0 Å². The van der Waals surface area contributed by atoms with Gasteiger partial charge in [-0.15, -0.1) is 0 Å². The standard InChI is InChI=1S/C17H28N6O2.CH2O2/c1-3-14-18-15(20-19-14)12-21-6-5-7-23(9-8-21)17(25)13-10-16(24)22(4-2)11-13;2-1-3/h13H,3-12H2,1-2H3,(H,18,19,20);1H,(H,2,3). The molecule has 0 aliphatic carbocycles. The van der Waals surface area contributed by atoms with Gasteiger partial charge in [-0.25, -0.2) is 4.98 Å². The van der Waals surface area contributed by atoms with Crippen molar-refractivity contribution in [2.24, 2.45) is 5.92 Å². The molecule has 2 aliphatic heterocycles. The highest BCUT2D eigenvalue weighted by Gasteiger charge is 2.36. The number of H-pyrrole nitrogens is 1. The molecule has 3 heterocycles. The number of carbonyl (C=O) groups is 3. The van der Waals surface area contributed by atoms with Gasteiger partial charge < -0.3 is 14.9 Å². The number of rotatable bonds is 5. The fraction of sp³-hybridized carbons (Fsp3) is 0.722. The zero-order valence-electron chi connectivity index (χ0n) is 16.6. The summed E-state index contributed by atoms with van der Waals surface area (Å²) in [4.78, 5) is 43.5. The Kier molecular flexibility index (Phi) is 8.37. The molecule has 0 radical (unpaired) electrons. The first kappa shape index (κ1) is 21.8. The lowest BCUT2D eigenvalue weighted by Crippen LogP contribution is -2.39. The van der Waals surface area contributed by atoms with Gasteiger partial charge in [-0.1, -0.05) is 6.92 Å². The molecule has 1 aromatic rings. The zero-order valence-corrected chi connectivity index (χ0v) is 16.6. The van der Waals surface area contributed by atoms with E-state index in [0.29, 0.717) is 26.1 Å². The predicted octanol–water partition coefficient (Wildman–Crippen LogP) is -0.0294. The lowest BCUT2D eigenvalue weighted by atomic mass is 10.1. The van der Waals surface area contributed by atoms with E-state index in [2.05, 4.69) is 20.1 Å². The molecule has 2 aliphatic rings. The minimum absolute atomic E-state index is 0.106. The number of hydrogen-bond donors (Lipinski definition) is 2. The minimum Gasteiger partial charge on any atom is -0.483 e. The summed E-state index contributed by atoms with van der Waals surface area (Å²) in [5, 5.41) is 14.1. The lowest BCUT2D eigenvalue weighted by molar-refractivity contribution is -0.135. The summed E-state index contributed by atoms with van der Waals surface area (Å²) in [5.41, 5.74) is 0. The smallest absolute Gasteiger partial charge is 0.290 e. The van der Waals surface area contributed by atoms with E-state index in [1.165, 1.54) is 0 Å². The molecule has 2 saturated heterocycles. The van der Waals surface area contributed by atoms with Crippen LogP contribution in [0.4, 0.5) is 0 Å². The average Bonchev–Trinajstić information content (AvgIpc) is 3.22. The highest BCUT2D eigenvalue weighted by molar-refractivity contribution is 5.89. The maximum absolute atomic E-state index is 12.8. The number of aryl methyl sites for hydroxylation is 1. The van der Waals surface area contributed by atoms with Gasteiger partial charge in [-0.05, 0) is 13.3 Å². The molecule has 1 unspecified atom stereocenters. The van der Waals surface area contributed by atoms with E-state index in [1.54, 1.807) is 4.90 Å². The van der Waals surface area contributed by atoms with Crippen LogP contribution in [0.1, 0.15) is 38.3 Å². The Morgan fingerprint density at radius 2 is 2.04 bits per heavy atom. The molecular weight excluding hydrogens is 364 g/mol. The molecular formula is C18H30N6O4. The van der Waals surface area contributed by atoms with Crippen molar-refractivity contribution in [1.82, 2.24) is 29.9 Å². The third kappa shape index (κ3) is 5.75. The van der Waals surface area contributed by atoms with Crippen molar-refractivity contribution < 1.29 is 19.5 Å². The third-order valence-corrected chi connectivity index (χ3v) is 5.11. The number of hydrogen-bond acceptors (Lipinski definition) is 6. The Hall–Kier alpha value is -2.49. The summed E-state index contributed by atoms with van der Waals surface area (Å²) in [7, 11) is 0. The Labute approximate surface area is 164 Å². The van der Waals surface area contributed by atoms with Crippen molar-refractivity contribution in [3.05, 3.63) is 11.6 Å². The molecule has 0 saturated carbocycles. The number of carboxylic acid groups (broad SMARTS) is 1. The number of likely N-dealkylation sites (tertiary alicyclic amines) is 1. The Morgan fingerprint density at radius 1 is 1.29 bits per heavy atom. The number of nitrogens with zero attached hydrogens (tertiary/aromatic N) is 5. The number of nitrogens with one attached hydrogen (secondary N) is 1. The van der Waals surface area contributed by atoms with Gasteiger partial charge in [0.15, 0.2) is 0 Å². The highest BCUT2D eigenvalue weighted by Crippen LogP contribution is 2.20. The van der Waals surface area contributed by atoms with Crippen LogP contribution in [-0.4, -0.2) is 92.5 Å². The van der Waals surface area contributed by atoms with E-state index >= 15 is 0 Å². The molecule has 0 bridgehead atoms. The molecule has 0 spiro atoms. The zero-order chi connectivity index (χ0) is 20.5. The van der Waals surface area contributed by atoms with Crippen LogP contribution in [0.2, 0.25) is 0 Å². The monoisotopic (exact) mass is 394 g/mol. The molecule has 28 heavy (non-hydrogen) atoms. The number of aromatic nitrogens is 3. The highest BCUT2D eigenvalue weighted by atomic mass is 16.3. The number of carbonyl (C=O) groups excluding carboxylic acids is 2. The second kappa shape index (κ2) is 10.7. The second-order valence-electron chi connectivity index (χ2n) is 6.95. The normalized spacial score (nSPS) is 20.5. The summed E-state index contributed by atoms with van der Waals surface area (Å²) in [6.45, 7) is 8.99. The van der Waals surface area contributed by atoms with Crippen molar-refractivity contribution in [3.8, 4) is 0 Å². The molecule has 2 fully saturated rings. The fourth-order valence-corrected chi connectivity index (χ4v) is 3.63. The van der Waals surface area contributed by atoms with Crippen LogP contribution in [-0.2, 0) is 27.3 Å². The van der Waals surface area contributed by atoms with Crippen LogP contribution in [0.15, 0.2) is 0 Å². The van der Waals surface area contributed by atoms with Gasteiger partial charge in [0.25, 0.3) is 6.47 Å². The quantitative estimate of drug-likeness (QED) is 0.672. The molecule has 1 atom stereocenters. The summed E-state index contributed by atoms with van der Waals surface area (Å²) in [5.74, 6) is 1.80. The van der Waals surface area contributed by atoms with Gasteiger partial charge in [0.2, 0.25) is 11.8 Å². The van der Waals surface area contributed by atoms with Gasteiger partial charge in [0, 0.05) is 52.1 Å². The molecule has 10 heteroatoms. The van der Waals surface area contributed by atoms with E-state index in [4.69, 9.17) is 9.90 Å². The van der Waals surface area contributed by atoms with Crippen LogP contribution in [0.25, 0.3) is 0 Å². The first-order valence-electron chi connectivity index (χ1n) is 9.79. The molecule has 1 aromatic heterocycles. The molecule has 3 rings (SSSR count). The number of amides is 2. The average molecular weight is 394 g/mol. The molecule has 10 nitrogen and oxygen atoms in total. The van der Waals surface area contributed by atoms with Crippen LogP contribution in [0.5, 0.6) is 0 Å². The van der Waals surface area contributed by atoms with Crippen molar-refractivity contribution in [2.45, 2.75) is 39.7 Å². The first-order valence-corrected chi connectivity index (χ1v) is 9.79. The Morgan fingerprint density at radius 3 is 2.64 bits per heavy atom. The SMILES string of the molecule is CCc1n[nH]c(CN2CCCN(C(=O)C3CC(=O)N(CC)C3)CC2)n1.O=CO. The summed E-state index contributed by atoms with van der Waals surface area (Å²) in [6.07, 6.45) is 2.14. The van der Waals surface area contributed by atoms with E-state index in [1.807, 2.05) is 18.7 Å². The minimum atomic E-state index is -0.250. The maximum atomic E-state index is 12.8. The van der Waals surface area contributed by atoms with Gasteiger partial charge >= 0.3 is 0 Å². The predicted molar refractivity (Wildman–Crippen MR) is 101 cm³/mol. The van der Waals surface area contributed by atoms with Crippen LogP contribution in [0, 0.1) is 5.92 Å². The van der Waals surface area contributed by atoms with E-state index in [9.17, 15) is 9.59 Å². The van der Waals surface area contributed by atoms with Crippen LogP contribution < -0.4 is 0 Å². The topological polar surface area (TPSA) is 123 Å². The van der Waals surface area contributed by atoms with Crippen molar-refractivity contribution >= 4 is 18.3 Å². The maximum Gasteiger partial charge on any atom is 0.290 e. The van der Waals surface area contributed by atoms with Crippen molar-refractivity contribution in [1.29, 1.82) is 0 Å². The van der Waals surface area contributed by atoms with Gasteiger partial charge in [0.1, 0.15) is 11.6 Å². The number of aromatic amines is 1. The van der Waals surface area contributed by atoms with Crippen LogP contribution >= 0.6 is 0 Å². The first-order chi connectivity index (χ1) is 13.5. The summed E-state index contributed by atoms with van der Waals surface area (Å²) >= 11 is 0. The lowest BCUT2D eigenvalue weighted by Gasteiger charge is -2.24. The largest absolute Gasteiger partial charge is 0.483 e. The molecule has 2 N–H and O–H groups in total. The second-order valence-corrected chi connectivity index (χ2v) is 6.95. The molecule has 156 valence electrons. The van der Waals surface area contributed by atoms with Crippen molar-refractivity contribution in [2.75, 3.05) is 39.3 Å². The van der Waals surface area contributed by atoms with E-state index in [-0.39, 0.29) is 24.2 Å². The summed E-state index contributed by atoms with van der Waals surface area (Å²) < 4.78 is 0. The third-order valence-electron chi connectivity index (χ3n) is 5.11. The van der Waals surface area contributed by atoms with Gasteiger partial charge in [-0.2, -0.15) is 5.10 Å². The van der Waals surface area contributed by atoms with Gasteiger partial charge in [-0.3, -0.25) is 24.4 Å². The Balaban J connectivity index is 0.000000878. The van der Waals surface area contributed by atoms with Gasteiger partial charge in [0.05, 0.1) is 12.5 Å². The van der Waals surface area contributed by atoms with E-state index in [0.717, 1.165) is 50.7 Å².